The van der Waals surface area contributed by atoms with Crippen LogP contribution in [0.5, 0.6) is 0 Å². The Morgan fingerprint density at radius 2 is 0.763 bits per heavy atom. The Balaban J connectivity index is 6.01. The lowest BCUT2D eigenvalue weighted by Gasteiger charge is -2.48. The van der Waals surface area contributed by atoms with Crippen molar-refractivity contribution in [1.82, 2.24) is 0 Å². The largest absolute Gasteiger partial charge is 0.463 e. The molecule has 6 heteroatoms. The summed E-state index contributed by atoms with van der Waals surface area (Å²) in [5.74, 6) is -0.820. The monoisotopic (exact) mass is 568 g/mol. The Kier molecular flexibility index (Phi) is 16.6. The van der Waals surface area contributed by atoms with Crippen LogP contribution in [-0.4, -0.2) is 39.5 Å². The van der Waals surface area contributed by atoms with E-state index in [-0.39, 0.29) is 11.5 Å². The lowest BCUT2D eigenvalue weighted by atomic mass is 10.2. The molecule has 0 N–H and O–H groups in total. The number of rotatable bonds is 18. The van der Waals surface area contributed by atoms with Crippen molar-refractivity contribution in [3.63, 3.8) is 0 Å². The van der Waals surface area contributed by atoms with Crippen LogP contribution in [0.3, 0.4) is 0 Å². The summed E-state index contributed by atoms with van der Waals surface area (Å²) in [7, 11) is -4.01. The summed E-state index contributed by atoms with van der Waals surface area (Å²) in [6.45, 7) is 32.0. The van der Waals surface area contributed by atoms with Crippen molar-refractivity contribution >= 4 is 28.1 Å². The van der Waals surface area contributed by atoms with Gasteiger partial charge in [0.1, 0.15) is 16.1 Å². The van der Waals surface area contributed by atoms with Crippen LogP contribution in [0.15, 0.2) is 12.2 Å². The highest BCUT2D eigenvalue weighted by Crippen LogP contribution is 2.47. The summed E-state index contributed by atoms with van der Waals surface area (Å²) in [5, 5.41) is 0. The van der Waals surface area contributed by atoms with Crippen molar-refractivity contribution in [3.8, 4) is 0 Å². The first-order valence-corrected chi connectivity index (χ1v) is 20.3. The molecule has 0 bridgehead atoms. The molecule has 0 aliphatic heterocycles. The molecule has 0 fully saturated rings. The molecular formula is C32H64O4Si2. The average molecular weight is 569 g/mol. The van der Waals surface area contributed by atoms with Crippen molar-refractivity contribution in [2.24, 2.45) is 0 Å². The molecule has 0 spiro atoms. The van der Waals surface area contributed by atoms with E-state index < -0.39 is 28.1 Å². The van der Waals surface area contributed by atoms with Crippen LogP contribution in [0, 0.1) is 0 Å². The van der Waals surface area contributed by atoms with Crippen LogP contribution in [0.2, 0.25) is 33.2 Å². The second-order valence-corrected chi connectivity index (χ2v) is 25.6. The van der Waals surface area contributed by atoms with Crippen molar-refractivity contribution in [3.05, 3.63) is 12.2 Å². The van der Waals surface area contributed by atoms with Crippen molar-refractivity contribution in [1.29, 1.82) is 0 Å². The van der Waals surface area contributed by atoms with Gasteiger partial charge in [0.2, 0.25) is 0 Å². The first-order valence-electron chi connectivity index (χ1n) is 15.7. The Bertz CT molecular complexity index is 621. The Hall–Kier alpha value is -0.886. The molecule has 38 heavy (non-hydrogen) atoms. The third kappa shape index (κ3) is 8.81. The second-order valence-electron chi connectivity index (χ2n) is 13.4. The van der Waals surface area contributed by atoms with E-state index in [9.17, 15) is 9.59 Å². The predicted molar refractivity (Wildman–Crippen MR) is 170 cm³/mol. The van der Waals surface area contributed by atoms with E-state index in [4.69, 9.17) is 9.47 Å². The molecule has 0 rings (SSSR count). The van der Waals surface area contributed by atoms with E-state index in [1.165, 1.54) is 12.2 Å². The van der Waals surface area contributed by atoms with Crippen LogP contribution in [0.25, 0.3) is 0 Å². The standard InChI is InChI=1S/C32H64O4Si2/c1-15-17-19-31(37(23(3)4,24(5)6)25(7)8)35-29(33)21-22-30(34)36-32(20-18-16-2)38(26(9)10,27(11)12)28(13)14/h21-28,31-32H,15-20H2,1-14H3/b22-21+. The van der Waals surface area contributed by atoms with Gasteiger partial charge in [-0.3, -0.25) is 0 Å². The fourth-order valence-corrected chi connectivity index (χ4v) is 22.8. The summed E-state index contributed by atoms with van der Waals surface area (Å²) < 4.78 is 12.5. The minimum Gasteiger partial charge on any atom is -0.463 e. The predicted octanol–water partition coefficient (Wildman–Crippen LogP) is 10.2. The SMILES string of the molecule is CCCCC(OC(=O)/C=C/C(=O)OC(CCCC)[Si](C(C)C)(C(C)C)C(C)C)[Si](C(C)C)(C(C)C)C(C)C. The number of carbonyl (C=O) groups excluding carboxylic acids is 2. The first kappa shape index (κ1) is 37.1. The van der Waals surface area contributed by atoms with Gasteiger partial charge < -0.3 is 9.47 Å². The van der Waals surface area contributed by atoms with E-state index in [1.54, 1.807) is 0 Å². The molecule has 0 aliphatic carbocycles. The third-order valence-corrected chi connectivity index (χ3v) is 24.7. The van der Waals surface area contributed by atoms with E-state index in [1.807, 2.05) is 0 Å². The van der Waals surface area contributed by atoms with Gasteiger partial charge in [0.25, 0.3) is 0 Å². The fourth-order valence-electron chi connectivity index (χ4n) is 8.33. The van der Waals surface area contributed by atoms with Gasteiger partial charge in [-0.1, -0.05) is 123 Å². The van der Waals surface area contributed by atoms with Crippen LogP contribution in [0.1, 0.15) is 135 Å². The quantitative estimate of drug-likeness (QED) is 0.0937. The first-order chi connectivity index (χ1) is 17.6. The number of esters is 2. The lowest BCUT2D eigenvalue weighted by molar-refractivity contribution is -0.143. The van der Waals surface area contributed by atoms with Gasteiger partial charge in [-0.05, 0) is 46.1 Å². The molecule has 0 aromatic rings. The lowest BCUT2D eigenvalue weighted by Crippen LogP contribution is -2.57. The van der Waals surface area contributed by atoms with E-state index in [0.717, 1.165) is 38.5 Å². The summed E-state index contributed by atoms with van der Waals surface area (Å²) >= 11 is 0. The highest BCUT2D eigenvalue weighted by atomic mass is 28.3. The van der Waals surface area contributed by atoms with E-state index >= 15 is 0 Å². The molecule has 224 valence electrons. The Labute approximate surface area is 239 Å². The van der Waals surface area contributed by atoms with Crippen LogP contribution in [0.4, 0.5) is 0 Å². The van der Waals surface area contributed by atoms with Crippen LogP contribution >= 0.6 is 0 Å². The minimum atomic E-state index is -2.00. The molecule has 2 atom stereocenters. The number of ether oxygens (including phenoxy) is 2. The van der Waals surface area contributed by atoms with Crippen molar-refractivity contribution in [2.75, 3.05) is 0 Å². The molecule has 0 amide bonds. The minimum absolute atomic E-state index is 0.0594. The molecule has 0 saturated carbocycles. The number of carbonyl (C=O) groups is 2. The normalized spacial score (nSPS) is 14.9. The van der Waals surface area contributed by atoms with Gasteiger partial charge in [-0.2, -0.15) is 0 Å². The summed E-state index contributed by atoms with van der Waals surface area (Å²) in [6, 6.07) is 0. The summed E-state index contributed by atoms with van der Waals surface area (Å²) in [6.07, 6.45) is 8.65. The van der Waals surface area contributed by atoms with E-state index in [0.29, 0.717) is 33.2 Å². The maximum atomic E-state index is 13.1. The third-order valence-electron chi connectivity index (χ3n) is 9.63. The molecule has 0 radical (unpaired) electrons. The van der Waals surface area contributed by atoms with Gasteiger partial charge in [0.15, 0.2) is 0 Å². The topological polar surface area (TPSA) is 52.6 Å². The van der Waals surface area contributed by atoms with Crippen LogP contribution < -0.4 is 0 Å². The zero-order valence-electron chi connectivity index (χ0n) is 27.6. The molecule has 0 aromatic heterocycles. The number of hydrogen-bond donors (Lipinski definition) is 0. The zero-order valence-corrected chi connectivity index (χ0v) is 29.6. The van der Waals surface area contributed by atoms with Gasteiger partial charge in [-0.15, -0.1) is 0 Å². The van der Waals surface area contributed by atoms with Gasteiger partial charge in [-0.25, -0.2) is 9.59 Å². The van der Waals surface area contributed by atoms with Crippen molar-refractivity contribution < 1.29 is 19.1 Å². The highest BCUT2D eigenvalue weighted by molar-refractivity contribution is 6.85. The Morgan fingerprint density at radius 1 is 0.526 bits per heavy atom. The zero-order chi connectivity index (χ0) is 29.8. The van der Waals surface area contributed by atoms with Gasteiger partial charge >= 0.3 is 11.9 Å². The summed E-state index contributed by atoms with van der Waals surface area (Å²) in [5.41, 5.74) is 2.83. The summed E-state index contributed by atoms with van der Waals surface area (Å²) in [4.78, 5) is 26.3. The average Bonchev–Trinajstić information content (AvgIpc) is 2.78. The second kappa shape index (κ2) is 17.0. The van der Waals surface area contributed by atoms with Crippen molar-refractivity contribution in [2.45, 2.75) is 180 Å². The number of hydrogen-bond acceptors (Lipinski definition) is 4. The molecular weight excluding hydrogens is 505 g/mol. The van der Waals surface area contributed by atoms with Gasteiger partial charge in [0.05, 0.1) is 11.5 Å². The van der Waals surface area contributed by atoms with E-state index in [2.05, 4.69) is 96.9 Å². The molecule has 0 saturated heterocycles. The highest BCUT2D eigenvalue weighted by Gasteiger charge is 2.52. The molecule has 4 nitrogen and oxygen atoms in total. The maximum Gasteiger partial charge on any atom is 0.330 e. The molecule has 0 aliphatic rings. The van der Waals surface area contributed by atoms with Gasteiger partial charge in [0, 0.05) is 12.2 Å². The number of unbranched alkanes of at least 4 members (excludes halogenated alkanes) is 2. The molecule has 0 heterocycles. The Morgan fingerprint density at radius 3 is 0.947 bits per heavy atom. The van der Waals surface area contributed by atoms with Crippen LogP contribution in [-0.2, 0) is 19.1 Å². The molecule has 0 aromatic carbocycles. The maximum absolute atomic E-state index is 13.1. The fraction of sp³-hybridized carbons (Fsp3) is 0.875. The smallest absolute Gasteiger partial charge is 0.330 e. The molecule has 2 unspecified atom stereocenters.